The van der Waals surface area contributed by atoms with Crippen molar-refractivity contribution in [3.63, 3.8) is 0 Å². The summed E-state index contributed by atoms with van der Waals surface area (Å²) in [6.07, 6.45) is 8.67. The summed E-state index contributed by atoms with van der Waals surface area (Å²) < 4.78 is 14.4. The topological polar surface area (TPSA) is 51.9 Å². The quantitative estimate of drug-likeness (QED) is 0.189. The molecule has 8 heteroatoms. The van der Waals surface area contributed by atoms with Crippen molar-refractivity contribution in [1.29, 1.82) is 0 Å². The van der Waals surface area contributed by atoms with Crippen LogP contribution >= 0.6 is 0 Å². The van der Waals surface area contributed by atoms with Gasteiger partial charge in [0.05, 0.1) is 6.20 Å². The fourth-order valence-electron chi connectivity index (χ4n) is 5.37. The third-order valence-electron chi connectivity index (χ3n) is 7.48. The maximum absolute atomic E-state index is 6.21. The van der Waals surface area contributed by atoms with Gasteiger partial charge in [0, 0.05) is 53.1 Å². The summed E-state index contributed by atoms with van der Waals surface area (Å²) in [4.78, 5) is 7.28. The summed E-state index contributed by atoms with van der Waals surface area (Å²) >= 11 is 0. The average Bonchev–Trinajstić information content (AvgIpc) is 3.36. The lowest BCUT2D eigenvalue weighted by atomic mass is 9.79. The number of nitrogens with zero attached hydrogens (tertiary/aromatic N) is 4. The van der Waals surface area contributed by atoms with Crippen molar-refractivity contribution in [3.8, 4) is 0 Å². The maximum atomic E-state index is 6.21. The molecule has 0 radical (unpaired) electrons. The van der Waals surface area contributed by atoms with Gasteiger partial charge in [-0.1, -0.05) is 52.1 Å². The fraction of sp³-hybridized carbons (Fsp3) is 0.769. The van der Waals surface area contributed by atoms with Crippen LogP contribution in [0.25, 0.3) is 5.65 Å². The molecule has 2 aromatic heterocycles. The molecule has 2 atom stereocenters. The van der Waals surface area contributed by atoms with Gasteiger partial charge in [-0.15, -0.1) is 0 Å². The Balaban J connectivity index is 1.53. The molecule has 0 aliphatic heterocycles. The summed E-state index contributed by atoms with van der Waals surface area (Å²) in [5, 5.41) is 4.62. The fourth-order valence-corrected chi connectivity index (χ4v) is 6.89. The highest BCUT2D eigenvalue weighted by Gasteiger charge is 2.35. The Morgan fingerprint density at radius 3 is 2.06 bits per heavy atom. The molecular weight excluding hydrogens is 456 g/mol. The van der Waals surface area contributed by atoms with E-state index in [1.165, 1.54) is 49.9 Å². The molecule has 2 aromatic rings. The lowest BCUT2D eigenvalue weighted by Gasteiger charge is -2.30. The molecule has 0 saturated heterocycles. The second-order valence-corrected chi connectivity index (χ2v) is 24.3. The molecule has 34 heavy (non-hydrogen) atoms. The average molecular weight is 503 g/mol. The number of hydrogen-bond acceptors (Lipinski definition) is 5. The van der Waals surface area contributed by atoms with E-state index in [2.05, 4.69) is 55.3 Å². The highest BCUT2D eigenvalue weighted by atomic mass is 28.3. The van der Waals surface area contributed by atoms with E-state index in [1.807, 2.05) is 16.8 Å². The van der Waals surface area contributed by atoms with Crippen LogP contribution in [0.4, 0.5) is 5.82 Å². The van der Waals surface area contributed by atoms with Crippen molar-refractivity contribution in [2.75, 3.05) is 31.6 Å². The van der Waals surface area contributed by atoms with E-state index in [1.54, 1.807) is 0 Å². The third-order valence-corrected chi connectivity index (χ3v) is 10.9. The van der Waals surface area contributed by atoms with Crippen LogP contribution in [-0.4, -0.2) is 57.4 Å². The molecule has 2 aliphatic rings. The molecule has 190 valence electrons. The van der Waals surface area contributed by atoms with Crippen LogP contribution in [-0.2, 0) is 9.47 Å². The van der Waals surface area contributed by atoms with Gasteiger partial charge in [0.2, 0.25) is 0 Å². The third kappa shape index (κ3) is 7.15. The Kier molecular flexibility index (Phi) is 8.22. The minimum Gasteiger partial charge on any atom is -0.361 e. The number of rotatable bonds is 12. The smallest absolute Gasteiger partial charge is 0.157 e. The number of fused-ring (bicyclic) bond motifs is 3. The van der Waals surface area contributed by atoms with Gasteiger partial charge in [-0.3, -0.25) is 0 Å². The Morgan fingerprint density at radius 1 is 0.912 bits per heavy atom. The number of aromatic nitrogens is 3. The van der Waals surface area contributed by atoms with Crippen molar-refractivity contribution >= 4 is 27.6 Å². The van der Waals surface area contributed by atoms with Gasteiger partial charge in [0.25, 0.3) is 0 Å². The van der Waals surface area contributed by atoms with Gasteiger partial charge < -0.3 is 14.4 Å². The van der Waals surface area contributed by atoms with Crippen LogP contribution in [0.1, 0.15) is 43.7 Å². The molecule has 4 rings (SSSR count). The molecular formula is C26H46N4O2Si2. The second kappa shape index (κ2) is 10.8. The molecule has 6 nitrogen and oxygen atoms in total. The lowest BCUT2D eigenvalue weighted by molar-refractivity contribution is 0.0942. The molecule has 0 spiro atoms. The molecule has 2 bridgehead atoms. The van der Waals surface area contributed by atoms with Crippen LogP contribution in [0.2, 0.25) is 51.4 Å². The molecule has 2 saturated carbocycles. The predicted molar refractivity (Wildman–Crippen MR) is 146 cm³/mol. The van der Waals surface area contributed by atoms with Crippen molar-refractivity contribution in [2.24, 2.45) is 11.8 Å². The highest BCUT2D eigenvalue weighted by Crippen LogP contribution is 2.48. The molecule has 2 fully saturated rings. The zero-order valence-electron chi connectivity index (χ0n) is 22.3. The SMILES string of the molecule is C[Si](C)(C)CCOCN(COCC[Si](C)(C)C)c1cc(C2CC3CCC(C3)C2)nc2ccnn12. The van der Waals surface area contributed by atoms with E-state index < -0.39 is 16.1 Å². The number of ether oxygens (including phenoxy) is 2. The lowest BCUT2D eigenvalue weighted by Crippen LogP contribution is -2.33. The van der Waals surface area contributed by atoms with Crippen molar-refractivity contribution < 1.29 is 9.47 Å². The summed E-state index contributed by atoms with van der Waals surface area (Å²) in [5.41, 5.74) is 2.16. The zero-order chi connectivity index (χ0) is 24.3. The Hall–Kier alpha value is -1.23. The first kappa shape index (κ1) is 25.9. The van der Waals surface area contributed by atoms with Crippen LogP contribution in [0, 0.1) is 11.8 Å². The standard InChI is InChI=1S/C26H46N4O2Si2/c1-33(2,3)13-11-31-19-29(20-32-12-14-34(4,5)6)26-18-24(28-25-9-10-27-30(25)26)23-16-21-7-8-22(15-21)17-23/h9-10,18,21-23H,7-8,11-17,19-20H2,1-6H3. The number of anilines is 1. The van der Waals surface area contributed by atoms with Crippen LogP contribution in [0.15, 0.2) is 18.3 Å². The first-order valence-electron chi connectivity index (χ1n) is 13.3. The van der Waals surface area contributed by atoms with E-state index in [0.717, 1.165) is 36.5 Å². The van der Waals surface area contributed by atoms with Gasteiger partial charge in [-0.05, 0) is 43.2 Å². The summed E-state index contributed by atoms with van der Waals surface area (Å²) in [7, 11) is -2.26. The Bertz CT molecular complexity index is 903. The van der Waals surface area contributed by atoms with Gasteiger partial charge in [-0.2, -0.15) is 9.61 Å². The Morgan fingerprint density at radius 2 is 1.50 bits per heavy atom. The minimum absolute atomic E-state index is 0.520. The highest BCUT2D eigenvalue weighted by molar-refractivity contribution is 6.76. The molecule has 0 aromatic carbocycles. The summed E-state index contributed by atoms with van der Waals surface area (Å²) in [5.74, 6) is 3.39. The minimum atomic E-state index is -1.13. The van der Waals surface area contributed by atoms with Crippen LogP contribution in [0.5, 0.6) is 0 Å². The van der Waals surface area contributed by atoms with Crippen LogP contribution in [0.3, 0.4) is 0 Å². The van der Waals surface area contributed by atoms with Crippen molar-refractivity contribution in [1.82, 2.24) is 14.6 Å². The normalized spacial score (nSPS) is 23.1. The van der Waals surface area contributed by atoms with E-state index in [9.17, 15) is 0 Å². The largest absolute Gasteiger partial charge is 0.361 e. The first-order chi connectivity index (χ1) is 16.1. The maximum Gasteiger partial charge on any atom is 0.157 e. The summed E-state index contributed by atoms with van der Waals surface area (Å²) in [6.45, 7) is 17.0. The second-order valence-electron chi connectivity index (χ2n) is 13.1. The molecule has 2 heterocycles. The molecule has 2 unspecified atom stereocenters. The van der Waals surface area contributed by atoms with Gasteiger partial charge >= 0.3 is 0 Å². The van der Waals surface area contributed by atoms with Crippen molar-refractivity contribution in [2.45, 2.75) is 89.4 Å². The van der Waals surface area contributed by atoms with Crippen molar-refractivity contribution in [3.05, 3.63) is 24.0 Å². The number of hydrogen-bond donors (Lipinski definition) is 0. The van der Waals surface area contributed by atoms with E-state index in [-0.39, 0.29) is 0 Å². The van der Waals surface area contributed by atoms with E-state index >= 15 is 0 Å². The molecule has 0 N–H and O–H groups in total. The Labute approximate surface area is 208 Å². The van der Waals surface area contributed by atoms with Gasteiger partial charge in [-0.25, -0.2) is 4.98 Å². The van der Waals surface area contributed by atoms with Crippen LogP contribution < -0.4 is 4.90 Å². The zero-order valence-corrected chi connectivity index (χ0v) is 24.3. The van der Waals surface area contributed by atoms with Gasteiger partial charge in [0.15, 0.2) is 5.65 Å². The van der Waals surface area contributed by atoms with Gasteiger partial charge in [0.1, 0.15) is 19.3 Å². The predicted octanol–water partition coefficient (Wildman–Crippen LogP) is 6.45. The molecule has 0 amide bonds. The van der Waals surface area contributed by atoms with E-state index in [0.29, 0.717) is 19.4 Å². The molecule has 2 aliphatic carbocycles. The van der Waals surface area contributed by atoms with E-state index in [4.69, 9.17) is 14.5 Å². The monoisotopic (exact) mass is 502 g/mol. The summed E-state index contributed by atoms with van der Waals surface area (Å²) in [6, 6.07) is 6.64. The first-order valence-corrected chi connectivity index (χ1v) is 20.7.